The fourth-order valence-electron chi connectivity index (χ4n) is 7.09. The second-order valence-corrected chi connectivity index (χ2v) is 14.0. The van der Waals surface area contributed by atoms with E-state index in [0.29, 0.717) is 12.1 Å². The van der Waals surface area contributed by atoms with Crippen LogP contribution in [-0.2, 0) is 36.3 Å². The van der Waals surface area contributed by atoms with Crippen LogP contribution in [0.5, 0.6) is 0 Å². The van der Waals surface area contributed by atoms with Gasteiger partial charge in [-0.05, 0) is 80.3 Å². The molecule has 2 fully saturated rings. The van der Waals surface area contributed by atoms with Gasteiger partial charge in [0.25, 0.3) is 0 Å². The number of sulfone groups is 1. The third kappa shape index (κ3) is 4.89. The Bertz CT molecular complexity index is 1600. The normalized spacial score (nSPS) is 27.5. The van der Waals surface area contributed by atoms with Crippen molar-refractivity contribution in [2.45, 2.75) is 84.3 Å². The Hall–Kier alpha value is -3.30. The number of benzene rings is 2. The van der Waals surface area contributed by atoms with Crippen molar-refractivity contribution in [1.82, 2.24) is 4.90 Å². The number of fused-ring (bicyclic) bond motifs is 3. The highest BCUT2D eigenvalue weighted by atomic mass is 32.2. The summed E-state index contributed by atoms with van der Waals surface area (Å²) in [6.07, 6.45) is -15.0. The van der Waals surface area contributed by atoms with Gasteiger partial charge < -0.3 is 10.0 Å². The smallest absolute Gasteiger partial charge is 0.435 e. The summed E-state index contributed by atoms with van der Waals surface area (Å²) in [5, 5.41) is 9.18. The van der Waals surface area contributed by atoms with Gasteiger partial charge in [-0.15, -0.1) is 0 Å². The van der Waals surface area contributed by atoms with E-state index in [1.807, 2.05) is 0 Å². The molecule has 0 spiro atoms. The molecular weight excluding hydrogens is 645 g/mol. The Morgan fingerprint density at radius 2 is 1.44 bits per heavy atom. The van der Waals surface area contributed by atoms with Crippen molar-refractivity contribution >= 4 is 21.7 Å². The molecule has 0 aromatic heterocycles. The largest absolute Gasteiger partial charge is 0.479 e. The molecule has 1 N–H and O–H groups in total. The molecule has 16 heteroatoms. The van der Waals surface area contributed by atoms with Gasteiger partial charge in [0.15, 0.2) is 9.84 Å². The third-order valence-electron chi connectivity index (χ3n) is 9.46. The minimum atomic E-state index is -6.40. The highest BCUT2D eigenvalue weighted by Crippen LogP contribution is 2.57. The van der Waals surface area contributed by atoms with E-state index >= 15 is 0 Å². The van der Waals surface area contributed by atoms with Crippen LogP contribution in [0.2, 0.25) is 0 Å². The second-order valence-electron chi connectivity index (χ2n) is 11.8. The zero-order valence-electron chi connectivity index (χ0n) is 23.2. The van der Waals surface area contributed by atoms with Crippen LogP contribution >= 0.6 is 0 Å². The minimum Gasteiger partial charge on any atom is -0.479 e. The van der Waals surface area contributed by atoms with Crippen molar-refractivity contribution in [2.24, 2.45) is 5.92 Å². The molecule has 0 radical (unpaired) electrons. The van der Waals surface area contributed by atoms with E-state index in [0.717, 1.165) is 24.3 Å². The zero-order valence-corrected chi connectivity index (χ0v) is 24.0. The number of halogens is 9. The lowest BCUT2D eigenvalue weighted by atomic mass is 9.76. The topological polar surface area (TPSA) is 91.8 Å². The molecule has 1 amide bonds. The van der Waals surface area contributed by atoms with Crippen molar-refractivity contribution in [2.75, 3.05) is 6.54 Å². The number of amides is 1. The molecular formula is C29H26F9NO5S. The molecule has 1 aliphatic heterocycles. The Morgan fingerprint density at radius 1 is 0.867 bits per heavy atom. The first-order chi connectivity index (χ1) is 20.7. The molecule has 3 aliphatic rings. The number of aliphatic carboxylic acids is 1. The van der Waals surface area contributed by atoms with Crippen LogP contribution in [0.4, 0.5) is 39.5 Å². The van der Waals surface area contributed by atoms with Crippen LogP contribution in [0.1, 0.15) is 55.2 Å². The minimum absolute atomic E-state index is 0.157. The van der Waals surface area contributed by atoms with Crippen LogP contribution in [-0.4, -0.2) is 60.9 Å². The number of hydrogen-bond acceptors (Lipinski definition) is 4. The lowest BCUT2D eigenvalue weighted by Gasteiger charge is -2.44. The van der Waals surface area contributed by atoms with Crippen molar-refractivity contribution in [3.05, 3.63) is 65.0 Å². The van der Waals surface area contributed by atoms with E-state index in [4.69, 9.17) is 0 Å². The Kier molecular flexibility index (Phi) is 7.81. The van der Waals surface area contributed by atoms with E-state index < -0.39 is 91.2 Å². The number of carbonyl (C=O) groups excluding carboxylic acids is 1. The Morgan fingerprint density at radius 3 is 1.98 bits per heavy atom. The highest BCUT2D eigenvalue weighted by Gasteiger charge is 2.74. The molecule has 2 aromatic rings. The van der Waals surface area contributed by atoms with Crippen LogP contribution in [0.15, 0.2) is 47.4 Å². The van der Waals surface area contributed by atoms with Gasteiger partial charge in [0.05, 0.1) is 10.9 Å². The van der Waals surface area contributed by atoms with Gasteiger partial charge in [-0.1, -0.05) is 18.2 Å². The van der Waals surface area contributed by atoms with Crippen molar-refractivity contribution in [1.29, 1.82) is 0 Å². The molecule has 5 rings (SSSR count). The maximum Gasteiger partial charge on any atom is 0.435 e. The molecule has 2 aromatic carbocycles. The fourth-order valence-corrected chi connectivity index (χ4v) is 9.46. The highest BCUT2D eigenvalue weighted by molar-refractivity contribution is 7.92. The maximum absolute atomic E-state index is 15.0. The second kappa shape index (κ2) is 10.6. The van der Waals surface area contributed by atoms with E-state index in [1.54, 1.807) is 0 Å². The summed E-state index contributed by atoms with van der Waals surface area (Å²) in [6.45, 7) is -0.223. The van der Waals surface area contributed by atoms with Crippen LogP contribution in [0, 0.1) is 11.7 Å². The van der Waals surface area contributed by atoms with E-state index in [2.05, 4.69) is 0 Å². The first kappa shape index (κ1) is 33.1. The van der Waals surface area contributed by atoms with Gasteiger partial charge in [0.1, 0.15) is 10.6 Å². The van der Waals surface area contributed by atoms with Gasteiger partial charge in [0.2, 0.25) is 11.6 Å². The molecule has 1 heterocycles. The molecule has 2 atom stereocenters. The first-order valence-corrected chi connectivity index (χ1v) is 15.4. The van der Waals surface area contributed by atoms with Crippen molar-refractivity contribution in [3.63, 3.8) is 0 Å². The Balaban J connectivity index is 1.62. The van der Waals surface area contributed by atoms with Crippen LogP contribution < -0.4 is 0 Å². The van der Waals surface area contributed by atoms with Gasteiger partial charge in [-0.2, -0.15) is 26.3 Å². The summed E-state index contributed by atoms with van der Waals surface area (Å²) < 4.78 is 151. The lowest BCUT2D eigenvalue weighted by Crippen LogP contribution is -2.54. The number of nitrogens with zero attached hydrogens (tertiary/aromatic N) is 1. The number of carboxylic acids is 1. The molecule has 2 aliphatic carbocycles. The monoisotopic (exact) mass is 671 g/mol. The molecule has 45 heavy (non-hydrogen) atoms. The summed E-state index contributed by atoms with van der Waals surface area (Å²) in [5.74, 6) is -3.93. The molecule has 1 saturated heterocycles. The summed E-state index contributed by atoms with van der Waals surface area (Å²) in [4.78, 5) is 25.8. The Labute approximate surface area is 251 Å². The van der Waals surface area contributed by atoms with Gasteiger partial charge in [0, 0.05) is 18.0 Å². The van der Waals surface area contributed by atoms with Gasteiger partial charge >= 0.3 is 24.0 Å². The first-order valence-electron chi connectivity index (χ1n) is 13.9. The average Bonchev–Trinajstić information content (AvgIpc) is 3.37. The van der Waals surface area contributed by atoms with Crippen LogP contribution in [0.3, 0.4) is 0 Å². The summed E-state index contributed by atoms with van der Waals surface area (Å²) in [7, 11) is -4.66. The standard InChI is InChI=1S/C29H26F9NO5S/c30-19-3-5-20(6-4-19)45(43,44)26-13-14-39(23(40)16-9-11-25(31,12-10-16)24(41)42)22(26)8-1-17-15-18(2-7-21(17)26)27(32,28(33,34)35)29(36,37)38/h2-7,15-16,22H,1,8-14H2,(H,41,42)/t16-,22-,25+,26-/m1/s1. The molecule has 1 saturated carbocycles. The quantitative estimate of drug-likeness (QED) is 0.297. The third-order valence-corrected chi connectivity index (χ3v) is 12.0. The van der Waals surface area contributed by atoms with Crippen molar-refractivity contribution in [3.8, 4) is 0 Å². The molecule has 0 bridgehead atoms. The number of aryl methyl sites for hydroxylation is 1. The fraction of sp³-hybridized carbons (Fsp3) is 0.517. The summed E-state index contributed by atoms with van der Waals surface area (Å²) in [6, 6.07) is 3.68. The number of likely N-dealkylation sites (tertiary alicyclic amines) is 1. The number of carboxylic acid groups (broad SMARTS) is 1. The number of alkyl halides is 8. The van der Waals surface area contributed by atoms with E-state index in [9.17, 15) is 62.6 Å². The SMILES string of the molecule is O=C([C@H]1CC[C@](F)(C(=O)O)CC1)N1CC[C@@]2(S(=O)(=O)c3ccc(F)cc3)c3ccc(C(F)(C(F)(F)F)C(F)(F)F)cc3CC[C@@H]12. The summed E-state index contributed by atoms with van der Waals surface area (Å²) >= 11 is 0. The molecule has 6 nitrogen and oxygen atoms in total. The van der Waals surface area contributed by atoms with E-state index in [-0.39, 0.29) is 55.8 Å². The predicted molar refractivity (Wildman–Crippen MR) is 138 cm³/mol. The number of rotatable bonds is 5. The number of carbonyl (C=O) groups is 2. The lowest BCUT2D eigenvalue weighted by molar-refractivity contribution is -0.348. The molecule has 0 unspecified atom stereocenters. The maximum atomic E-state index is 15.0. The van der Waals surface area contributed by atoms with Gasteiger partial charge in [-0.3, -0.25) is 4.79 Å². The predicted octanol–water partition coefficient (Wildman–Crippen LogP) is 6.31. The van der Waals surface area contributed by atoms with E-state index in [1.165, 1.54) is 4.90 Å². The van der Waals surface area contributed by atoms with Crippen LogP contribution in [0.25, 0.3) is 0 Å². The van der Waals surface area contributed by atoms with Crippen molar-refractivity contribution < 1.29 is 62.6 Å². The average molecular weight is 672 g/mol. The number of hydrogen-bond donors (Lipinski definition) is 1. The zero-order chi connectivity index (χ0) is 33.4. The van der Waals surface area contributed by atoms with Gasteiger partial charge in [-0.25, -0.2) is 26.4 Å². The molecule has 246 valence electrons. The summed E-state index contributed by atoms with van der Waals surface area (Å²) in [5.41, 5.74) is -10.6.